The van der Waals surface area contributed by atoms with Crippen LogP contribution in [0.3, 0.4) is 0 Å². The van der Waals surface area contributed by atoms with Gasteiger partial charge in [0.15, 0.2) is 5.69 Å². The second kappa shape index (κ2) is 8.94. The maximum absolute atomic E-state index is 11.3. The van der Waals surface area contributed by atoms with Crippen LogP contribution < -0.4 is 9.47 Å². The lowest BCUT2D eigenvalue weighted by molar-refractivity contribution is -0.309. The monoisotopic (exact) mass is 356 g/mol. The number of methoxy groups -OCH3 is 2. The van der Waals surface area contributed by atoms with Gasteiger partial charge in [-0.25, -0.2) is 4.74 Å². The van der Waals surface area contributed by atoms with Crippen molar-refractivity contribution in [3.05, 3.63) is 70.8 Å². The van der Waals surface area contributed by atoms with Gasteiger partial charge in [0, 0.05) is 17.8 Å². The molecule has 5 nitrogen and oxygen atoms in total. The van der Waals surface area contributed by atoms with Gasteiger partial charge in [-0.3, -0.25) is 0 Å². The molecule has 0 fully saturated rings. The molecule has 25 heavy (non-hydrogen) atoms. The maximum atomic E-state index is 11.3. The molecule has 1 aliphatic heterocycles. The number of benzene rings is 2. The zero-order valence-electron chi connectivity index (χ0n) is 14.4. The smallest absolute Gasteiger partial charge is 0.367 e. The molecule has 0 radical (unpaired) electrons. The van der Waals surface area contributed by atoms with Gasteiger partial charge in [0.25, 0.3) is 0 Å². The lowest BCUT2D eigenvalue weighted by atomic mass is 10.2. The average Bonchev–Trinajstić information content (AvgIpc) is 2.94. The van der Waals surface area contributed by atoms with Gasteiger partial charge in [0.1, 0.15) is 17.7 Å². The highest BCUT2D eigenvalue weighted by Gasteiger charge is 2.19. The summed E-state index contributed by atoms with van der Waals surface area (Å²) in [5.41, 5.74) is 1.96. The van der Waals surface area contributed by atoms with Gasteiger partial charge in [-0.1, -0.05) is 30.3 Å². The van der Waals surface area contributed by atoms with Gasteiger partial charge in [-0.2, -0.15) is 0 Å². The largest absolute Gasteiger partial charge is 0.710 e. The van der Waals surface area contributed by atoms with E-state index in [2.05, 4.69) is 11.6 Å². The SMILES string of the molecule is C=C1C=[N+]([O-])C(=Nc2ccc(C)cc2)S1.COc1cccc(OC)c1. The van der Waals surface area contributed by atoms with Crippen molar-refractivity contribution in [3.8, 4) is 11.5 Å². The van der Waals surface area contributed by atoms with Gasteiger partial charge in [-0.15, -0.1) is 0 Å². The lowest BCUT2D eigenvalue weighted by Crippen LogP contribution is -2.04. The first-order valence-electron chi connectivity index (χ1n) is 7.53. The van der Waals surface area contributed by atoms with Gasteiger partial charge in [0.05, 0.1) is 19.1 Å². The molecule has 0 atom stereocenters. The molecule has 0 saturated heterocycles. The van der Waals surface area contributed by atoms with Gasteiger partial charge < -0.3 is 14.7 Å². The molecule has 0 aromatic heterocycles. The van der Waals surface area contributed by atoms with Gasteiger partial charge in [0.2, 0.25) is 0 Å². The molecule has 1 heterocycles. The normalized spacial score (nSPS) is 14.6. The fraction of sp³-hybridized carbons (Fsp3) is 0.158. The molecule has 3 rings (SSSR count). The molecule has 0 spiro atoms. The molecule has 0 N–H and O–H groups in total. The number of aryl methyl sites for hydroxylation is 1. The van der Waals surface area contributed by atoms with Crippen LogP contribution in [0.1, 0.15) is 5.56 Å². The van der Waals surface area contributed by atoms with Crippen molar-refractivity contribution in [2.24, 2.45) is 4.99 Å². The molecule has 0 amide bonds. The Kier molecular flexibility index (Phi) is 6.65. The Morgan fingerprint density at radius 1 is 1.04 bits per heavy atom. The van der Waals surface area contributed by atoms with Crippen LogP contribution >= 0.6 is 11.8 Å². The zero-order valence-corrected chi connectivity index (χ0v) is 15.2. The van der Waals surface area contributed by atoms with E-state index in [0.717, 1.165) is 26.8 Å². The topological polar surface area (TPSA) is 56.9 Å². The number of thioether (sulfide) groups is 1. The van der Waals surface area contributed by atoms with E-state index >= 15 is 0 Å². The number of allylic oxidation sites excluding steroid dienone is 1. The van der Waals surface area contributed by atoms with Crippen LogP contribution in [0.2, 0.25) is 0 Å². The van der Waals surface area contributed by atoms with Crippen LogP contribution in [0.4, 0.5) is 5.69 Å². The molecule has 0 unspecified atom stereocenters. The van der Waals surface area contributed by atoms with Crippen LogP contribution in [-0.2, 0) is 0 Å². The van der Waals surface area contributed by atoms with Crippen LogP contribution in [-0.4, -0.2) is 30.3 Å². The Hall–Kier alpha value is -2.73. The summed E-state index contributed by atoms with van der Waals surface area (Å²) in [5, 5.41) is 11.7. The Bertz CT molecular complexity index is 779. The third kappa shape index (κ3) is 5.69. The summed E-state index contributed by atoms with van der Waals surface area (Å²) in [6, 6.07) is 15.2. The van der Waals surface area contributed by atoms with E-state index in [1.807, 2.05) is 55.5 Å². The summed E-state index contributed by atoms with van der Waals surface area (Å²) in [5.74, 6) is 1.64. The maximum Gasteiger partial charge on any atom is 0.367 e. The fourth-order valence-electron chi connectivity index (χ4n) is 1.90. The van der Waals surface area contributed by atoms with Crippen molar-refractivity contribution in [1.29, 1.82) is 0 Å². The number of rotatable bonds is 3. The van der Waals surface area contributed by atoms with Crippen molar-refractivity contribution < 1.29 is 14.2 Å². The van der Waals surface area contributed by atoms with Crippen LogP contribution in [0.25, 0.3) is 0 Å². The van der Waals surface area contributed by atoms with E-state index in [1.165, 1.54) is 23.5 Å². The van der Waals surface area contributed by atoms with Crippen molar-refractivity contribution in [1.82, 2.24) is 0 Å². The molecular weight excluding hydrogens is 336 g/mol. The Balaban J connectivity index is 0.000000196. The molecule has 0 aliphatic carbocycles. The van der Waals surface area contributed by atoms with E-state index in [0.29, 0.717) is 5.17 Å². The number of hydroxylamine groups is 1. The zero-order chi connectivity index (χ0) is 18.2. The van der Waals surface area contributed by atoms with E-state index in [-0.39, 0.29) is 0 Å². The van der Waals surface area contributed by atoms with Gasteiger partial charge in [-0.05, 0) is 36.2 Å². The highest BCUT2D eigenvalue weighted by molar-refractivity contribution is 8.17. The molecule has 130 valence electrons. The third-order valence-electron chi connectivity index (χ3n) is 3.21. The predicted octanol–water partition coefficient (Wildman–Crippen LogP) is 4.53. The molecule has 0 saturated carbocycles. The van der Waals surface area contributed by atoms with E-state index < -0.39 is 0 Å². The number of hydrogen-bond donors (Lipinski definition) is 0. The highest BCUT2D eigenvalue weighted by Crippen LogP contribution is 2.24. The number of nitrogens with zero attached hydrogens (tertiary/aromatic N) is 2. The number of amidine groups is 1. The summed E-state index contributed by atoms with van der Waals surface area (Å²) in [7, 11) is 3.27. The molecular formula is C19H20N2O3S. The predicted molar refractivity (Wildman–Crippen MR) is 104 cm³/mol. The minimum atomic E-state index is 0.420. The third-order valence-corrected chi connectivity index (χ3v) is 4.03. The fourth-order valence-corrected chi connectivity index (χ4v) is 2.58. The average molecular weight is 356 g/mol. The van der Waals surface area contributed by atoms with E-state index in [1.54, 1.807) is 14.2 Å². The summed E-state index contributed by atoms with van der Waals surface area (Å²) < 4.78 is 10.7. The second-order valence-electron chi connectivity index (χ2n) is 5.14. The number of hydrogen-bond acceptors (Lipinski definition) is 5. The summed E-state index contributed by atoms with van der Waals surface area (Å²) in [6.07, 6.45) is 1.43. The van der Waals surface area contributed by atoms with Crippen LogP contribution in [0.5, 0.6) is 11.5 Å². The molecule has 0 bridgehead atoms. The minimum absolute atomic E-state index is 0.420. The second-order valence-corrected chi connectivity index (χ2v) is 6.23. The lowest BCUT2D eigenvalue weighted by Gasteiger charge is -2.01. The van der Waals surface area contributed by atoms with Crippen LogP contribution in [0, 0.1) is 12.1 Å². The molecule has 6 heteroatoms. The first kappa shape index (κ1) is 18.6. The highest BCUT2D eigenvalue weighted by atomic mass is 32.2. The van der Waals surface area contributed by atoms with Crippen molar-refractivity contribution >= 4 is 28.8 Å². The van der Waals surface area contributed by atoms with Crippen molar-refractivity contribution in [2.45, 2.75) is 6.92 Å². The molecule has 2 aromatic carbocycles. The molecule has 2 aromatic rings. The summed E-state index contributed by atoms with van der Waals surface area (Å²) in [6.45, 7) is 5.71. The number of ether oxygens (including phenoxy) is 2. The molecule has 1 aliphatic rings. The minimum Gasteiger partial charge on any atom is -0.710 e. The van der Waals surface area contributed by atoms with Crippen molar-refractivity contribution in [3.63, 3.8) is 0 Å². The van der Waals surface area contributed by atoms with Crippen molar-refractivity contribution in [2.75, 3.05) is 14.2 Å². The first-order valence-corrected chi connectivity index (χ1v) is 8.35. The summed E-state index contributed by atoms with van der Waals surface area (Å²) in [4.78, 5) is 4.95. The van der Waals surface area contributed by atoms with Gasteiger partial charge >= 0.3 is 5.17 Å². The standard InChI is InChI=1S/C11H10N2OS.C8H10O2/c1-8-3-5-10(6-4-8)12-11-13(14)7-9(2)15-11;1-9-7-4-3-5-8(6-7)10-2/h3-7H,2H2,1H3;3-6H,1-2H3. The Morgan fingerprint density at radius 3 is 2.12 bits per heavy atom. The van der Waals surface area contributed by atoms with Crippen LogP contribution in [0.15, 0.2) is 65.0 Å². The summed E-state index contributed by atoms with van der Waals surface area (Å²) >= 11 is 1.29. The first-order chi connectivity index (χ1) is 12.0. The number of aliphatic imine (C=N–C) groups is 1. The Labute approximate surface area is 151 Å². The van der Waals surface area contributed by atoms with E-state index in [9.17, 15) is 5.21 Å². The van der Waals surface area contributed by atoms with E-state index in [4.69, 9.17) is 9.47 Å². The Morgan fingerprint density at radius 2 is 1.64 bits per heavy atom. The quantitative estimate of drug-likeness (QED) is 0.599.